The molecule has 4 aromatic rings. The molecular weight excluding hydrogens is 436 g/mol. The summed E-state index contributed by atoms with van der Waals surface area (Å²) in [4.78, 5) is 13.3. The second kappa shape index (κ2) is 7.27. The van der Waals surface area contributed by atoms with Crippen LogP contribution in [-0.2, 0) is 14.9 Å². The maximum Gasteiger partial charge on any atom is 0.315 e. The molecule has 0 fully saturated rings. The van der Waals surface area contributed by atoms with E-state index in [0.717, 1.165) is 0 Å². The van der Waals surface area contributed by atoms with Crippen LogP contribution in [-0.4, -0.2) is 18.9 Å². The molecule has 0 radical (unpaired) electrons. The van der Waals surface area contributed by atoms with Crippen LogP contribution in [0.3, 0.4) is 0 Å². The van der Waals surface area contributed by atoms with Crippen molar-refractivity contribution >= 4 is 26.9 Å². The summed E-state index contributed by atoms with van der Waals surface area (Å²) in [5, 5.41) is 0.772. The number of carbonyl (C=O) groups is 1. The van der Waals surface area contributed by atoms with Crippen molar-refractivity contribution in [2.75, 3.05) is 0 Å². The molecule has 164 valence electrons. The van der Waals surface area contributed by atoms with Crippen molar-refractivity contribution < 1.29 is 22.5 Å². The van der Waals surface area contributed by atoms with Gasteiger partial charge in [0.2, 0.25) is 0 Å². The highest BCUT2D eigenvalue weighted by molar-refractivity contribution is 7.86. The van der Waals surface area contributed by atoms with E-state index in [4.69, 9.17) is 4.74 Å². The van der Waals surface area contributed by atoms with Crippen molar-refractivity contribution in [1.29, 1.82) is 0 Å². The van der Waals surface area contributed by atoms with E-state index < -0.39 is 10.1 Å². The molecule has 1 N–H and O–H groups in total. The predicted molar refractivity (Wildman–Crippen MR) is 124 cm³/mol. The summed E-state index contributed by atoms with van der Waals surface area (Å²) in [6, 6.07) is 26.0. The molecule has 3 aliphatic carbocycles. The molecule has 3 aliphatic rings. The Morgan fingerprint density at radius 1 is 0.758 bits per heavy atom. The summed E-state index contributed by atoms with van der Waals surface area (Å²) in [5.74, 6) is -0.346. The Balaban J connectivity index is 1.41. The molecule has 0 amide bonds. The fraction of sp³-hybridized carbons (Fsp3) is 0.148. The number of ether oxygens (including phenoxy) is 1. The second-order valence-electron chi connectivity index (χ2n) is 8.63. The van der Waals surface area contributed by atoms with Crippen molar-refractivity contribution in [3.8, 4) is 5.75 Å². The maximum atomic E-state index is 13.5. The molecule has 2 bridgehead atoms. The minimum absolute atomic E-state index is 0.0849. The molecule has 0 saturated carbocycles. The molecule has 0 spiro atoms. The number of rotatable bonds is 3. The van der Waals surface area contributed by atoms with E-state index >= 15 is 0 Å². The van der Waals surface area contributed by atoms with Crippen LogP contribution in [0, 0.1) is 5.92 Å². The number of benzene rings is 4. The van der Waals surface area contributed by atoms with Gasteiger partial charge in [-0.25, -0.2) is 0 Å². The van der Waals surface area contributed by atoms with E-state index in [9.17, 15) is 17.8 Å². The van der Waals surface area contributed by atoms with Gasteiger partial charge in [0.25, 0.3) is 10.1 Å². The van der Waals surface area contributed by atoms with Crippen molar-refractivity contribution in [2.24, 2.45) is 5.92 Å². The van der Waals surface area contributed by atoms with E-state index in [0.29, 0.717) is 17.2 Å². The van der Waals surface area contributed by atoms with Gasteiger partial charge in [-0.1, -0.05) is 72.8 Å². The number of esters is 1. The highest BCUT2D eigenvalue weighted by Gasteiger charge is 2.46. The number of carbonyl (C=O) groups excluding carboxylic acids is 1. The van der Waals surface area contributed by atoms with E-state index in [1.54, 1.807) is 24.3 Å². The van der Waals surface area contributed by atoms with E-state index in [2.05, 4.69) is 24.3 Å². The fourth-order valence-electron chi connectivity index (χ4n) is 5.61. The fourth-order valence-corrected chi connectivity index (χ4v) is 6.31. The lowest BCUT2D eigenvalue weighted by atomic mass is 9.59. The summed E-state index contributed by atoms with van der Waals surface area (Å²) < 4.78 is 39.1. The summed E-state index contributed by atoms with van der Waals surface area (Å²) in [7, 11) is -4.41. The molecule has 0 saturated heterocycles. The Morgan fingerprint density at radius 3 is 1.91 bits per heavy atom. The minimum atomic E-state index is -4.41. The van der Waals surface area contributed by atoms with Gasteiger partial charge < -0.3 is 4.74 Å². The lowest BCUT2D eigenvalue weighted by Gasteiger charge is -2.44. The highest BCUT2D eigenvalue weighted by atomic mass is 32.2. The summed E-state index contributed by atoms with van der Waals surface area (Å²) in [6.07, 6.45) is 0.665. The lowest BCUT2D eigenvalue weighted by Crippen LogP contribution is -2.38. The molecule has 4 aromatic carbocycles. The maximum absolute atomic E-state index is 13.5. The predicted octanol–water partition coefficient (Wildman–Crippen LogP) is 5.29. The lowest BCUT2D eigenvalue weighted by molar-refractivity contribution is -0.140. The molecular formula is C27H20O5S. The third-order valence-corrected chi connectivity index (χ3v) is 7.85. The summed E-state index contributed by atoms with van der Waals surface area (Å²) in [5.41, 5.74) is 4.88. The van der Waals surface area contributed by atoms with Gasteiger partial charge in [0.15, 0.2) is 0 Å². The van der Waals surface area contributed by atoms with Crippen LogP contribution in [0.5, 0.6) is 5.75 Å². The van der Waals surface area contributed by atoms with Gasteiger partial charge in [-0.3, -0.25) is 9.35 Å². The zero-order valence-electron chi connectivity index (χ0n) is 17.5. The van der Waals surface area contributed by atoms with Gasteiger partial charge in [0, 0.05) is 22.6 Å². The van der Waals surface area contributed by atoms with E-state index in [-0.39, 0.29) is 34.4 Å². The number of hydrogen-bond acceptors (Lipinski definition) is 4. The molecule has 5 nitrogen and oxygen atoms in total. The van der Waals surface area contributed by atoms with Crippen LogP contribution >= 0.6 is 0 Å². The molecule has 0 aliphatic heterocycles. The Labute approximate surface area is 191 Å². The minimum Gasteiger partial charge on any atom is -0.426 e. The Kier molecular flexibility index (Phi) is 4.44. The Hall–Kier alpha value is -3.48. The van der Waals surface area contributed by atoms with Crippen LogP contribution in [0.1, 0.15) is 40.5 Å². The van der Waals surface area contributed by atoms with Crippen molar-refractivity contribution in [3.63, 3.8) is 0 Å². The van der Waals surface area contributed by atoms with E-state index in [1.807, 2.05) is 24.3 Å². The zero-order chi connectivity index (χ0) is 22.7. The first-order valence-corrected chi connectivity index (χ1v) is 12.3. The van der Waals surface area contributed by atoms with Gasteiger partial charge in [-0.15, -0.1) is 0 Å². The molecule has 0 aromatic heterocycles. The number of fused-ring (bicyclic) bond motifs is 2. The van der Waals surface area contributed by atoms with Gasteiger partial charge >= 0.3 is 5.97 Å². The number of hydrogen-bond donors (Lipinski definition) is 1. The van der Waals surface area contributed by atoms with Crippen LogP contribution in [0.2, 0.25) is 0 Å². The second-order valence-corrected chi connectivity index (χ2v) is 10.0. The van der Waals surface area contributed by atoms with Gasteiger partial charge in [-0.2, -0.15) is 8.42 Å². The van der Waals surface area contributed by atoms with Crippen molar-refractivity contribution in [3.05, 3.63) is 107 Å². The quantitative estimate of drug-likeness (QED) is 0.257. The van der Waals surface area contributed by atoms with Gasteiger partial charge in [0.1, 0.15) is 10.6 Å². The summed E-state index contributed by atoms with van der Waals surface area (Å²) in [6.45, 7) is 0. The average molecular weight is 457 g/mol. The monoisotopic (exact) mass is 456 g/mol. The normalized spacial score (nSPS) is 20.8. The highest BCUT2D eigenvalue weighted by Crippen LogP contribution is 2.55. The standard InChI is InChI=1S/C27H20O5S/c28-27(32-24-13-14-25(33(29,30)31)19-10-4-3-9-18(19)24)23-15-22-16-7-1-5-11-20(16)26(23)21-12-6-2-8-17(21)22/h1-14,22-23,26H,15H2,(H,29,30,31). The van der Waals surface area contributed by atoms with Crippen LogP contribution in [0.4, 0.5) is 0 Å². The molecule has 33 heavy (non-hydrogen) atoms. The topological polar surface area (TPSA) is 80.7 Å². The van der Waals surface area contributed by atoms with Crippen LogP contribution in [0.15, 0.2) is 89.8 Å². The van der Waals surface area contributed by atoms with Crippen LogP contribution < -0.4 is 4.74 Å². The van der Waals surface area contributed by atoms with Gasteiger partial charge in [0.05, 0.1) is 5.92 Å². The SMILES string of the molecule is O=C(Oc1ccc(S(=O)(=O)O)c2ccccc12)C1CC2c3ccccc3C1c1ccccc12. The third-order valence-electron chi connectivity index (χ3n) is 6.94. The zero-order valence-corrected chi connectivity index (χ0v) is 18.3. The first kappa shape index (κ1) is 20.1. The first-order chi connectivity index (χ1) is 15.9. The average Bonchev–Trinajstić information content (AvgIpc) is 2.83. The van der Waals surface area contributed by atoms with Gasteiger partial charge in [-0.05, 0) is 40.8 Å². The molecule has 0 heterocycles. The summed E-state index contributed by atoms with van der Waals surface area (Å²) >= 11 is 0. The Morgan fingerprint density at radius 2 is 1.30 bits per heavy atom. The smallest absolute Gasteiger partial charge is 0.315 e. The largest absolute Gasteiger partial charge is 0.426 e. The Bertz CT molecular complexity index is 1490. The van der Waals surface area contributed by atoms with Crippen LogP contribution in [0.25, 0.3) is 10.8 Å². The molecule has 6 heteroatoms. The van der Waals surface area contributed by atoms with E-state index in [1.165, 1.54) is 34.4 Å². The first-order valence-electron chi connectivity index (χ1n) is 10.8. The van der Waals surface area contributed by atoms with Crippen molar-refractivity contribution in [1.82, 2.24) is 0 Å². The molecule has 1 atom stereocenters. The third kappa shape index (κ3) is 3.09. The van der Waals surface area contributed by atoms with Crippen molar-refractivity contribution in [2.45, 2.75) is 23.2 Å². The molecule has 1 unspecified atom stereocenters. The molecule has 7 rings (SSSR count).